The molecular weight excluding hydrogens is 196 g/mol. The molecule has 2 rings (SSSR count). The van der Waals surface area contributed by atoms with Crippen molar-refractivity contribution in [2.24, 2.45) is 0 Å². The predicted octanol–water partition coefficient (Wildman–Crippen LogP) is 4.02. The van der Waals surface area contributed by atoms with Gasteiger partial charge in [-0.1, -0.05) is 0 Å². The highest BCUT2D eigenvalue weighted by Crippen LogP contribution is 2.21. The lowest BCUT2D eigenvalue weighted by atomic mass is 10.2. The van der Waals surface area contributed by atoms with E-state index in [1.54, 1.807) is 0 Å². The van der Waals surface area contributed by atoms with E-state index in [2.05, 4.69) is 37.4 Å². The first-order valence-corrected chi connectivity index (χ1v) is 6.03. The zero-order valence-electron chi connectivity index (χ0n) is 7.83. The number of hydrogen-bond acceptors (Lipinski definition) is 2. The van der Waals surface area contributed by atoms with E-state index < -0.39 is 0 Å². The van der Waals surface area contributed by atoms with E-state index in [1.165, 1.54) is 20.2 Å². The van der Waals surface area contributed by atoms with Crippen molar-refractivity contribution >= 4 is 22.7 Å². The third-order valence-electron chi connectivity index (χ3n) is 1.96. The van der Waals surface area contributed by atoms with Crippen LogP contribution in [0, 0.1) is 13.8 Å². The third kappa shape index (κ3) is 2.20. The van der Waals surface area contributed by atoms with Gasteiger partial charge in [0.05, 0.1) is 0 Å². The highest BCUT2D eigenvalue weighted by Gasteiger charge is 2.00. The van der Waals surface area contributed by atoms with Gasteiger partial charge in [0.25, 0.3) is 0 Å². The molecule has 0 fully saturated rings. The largest absolute Gasteiger partial charge is 0.149 e. The fourth-order valence-corrected chi connectivity index (χ4v) is 3.00. The number of thiophene rings is 2. The van der Waals surface area contributed by atoms with Crippen molar-refractivity contribution in [3.63, 3.8) is 0 Å². The van der Waals surface area contributed by atoms with Gasteiger partial charge in [-0.05, 0) is 43.0 Å². The highest BCUT2D eigenvalue weighted by atomic mass is 32.1. The number of hydrogen-bond donors (Lipinski definition) is 0. The van der Waals surface area contributed by atoms with E-state index in [0.717, 1.165) is 6.42 Å². The second-order valence-corrected chi connectivity index (χ2v) is 5.74. The monoisotopic (exact) mass is 208 g/mol. The van der Waals surface area contributed by atoms with E-state index in [1.807, 2.05) is 22.7 Å². The third-order valence-corrected chi connectivity index (χ3v) is 3.87. The molecule has 0 aliphatic carbocycles. The van der Waals surface area contributed by atoms with Crippen LogP contribution in [0.25, 0.3) is 0 Å². The molecule has 0 amide bonds. The van der Waals surface area contributed by atoms with Crippen LogP contribution in [0.5, 0.6) is 0 Å². The van der Waals surface area contributed by atoms with Crippen LogP contribution in [-0.4, -0.2) is 0 Å². The minimum Gasteiger partial charge on any atom is -0.149 e. The van der Waals surface area contributed by atoms with Crippen molar-refractivity contribution in [1.29, 1.82) is 0 Å². The molecule has 2 heteroatoms. The van der Waals surface area contributed by atoms with Gasteiger partial charge < -0.3 is 0 Å². The molecule has 0 aliphatic heterocycles. The molecule has 0 nitrogen and oxygen atoms in total. The van der Waals surface area contributed by atoms with E-state index in [4.69, 9.17) is 0 Å². The summed E-state index contributed by atoms with van der Waals surface area (Å²) in [4.78, 5) is 4.28. The molecular formula is C11H12S2. The summed E-state index contributed by atoms with van der Waals surface area (Å²) in [7, 11) is 0. The Kier molecular flexibility index (Phi) is 2.51. The van der Waals surface area contributed by atoms with Crippen LogP contribution in [-0.2, 0) is 6.42 Å². The van der Waals surface area contributed by atoms with E-state index in [9.17, 15) is 0 Å². The number of rotatable bonds is 2. The van der Waals surface area contributed by atoms with Crippen molar-refractivity contribution in [2.75, 3.05) is 0 Å². The van der Waals surface area contributed by atoms with Gasteiger partial charge in [-0.2, -0.15) is 0 Å². The molecule has 0 saturated carbocycles. The SMILES string of the molecule is Cc1cc(Cc2ccc(C)s2)cs1. The summed E-state index contributed by atoms with van der Waals surface area (Å²) in [6, 6.07) is 6.70. The smallest absolute Gasteiger partial charge is 0.00921 e. The first-order chi connectivity index (χ1) is 6.24. The summed E-state index contributed by atoms with van der Waals surface area (Å²) in [5.41, 5.74) is 1.45. The Morgan fingerprint density at radius 1 is 1.15 bits per heavy atom. The Morgan fingerprint density at radius 3 is 2.54 bits per heavy atom. The number of aryl methyl sites for hydroxylation is 2. The maximum atomic E-state index is 2.28. The lowest BCUT2D eigenvalue weighted by molar-refractivity contribution is 1.26. The van der Waals surface area contributed by atoms with Crippen LogP contribution in [0.15, 0.2) is 23.6 Å². The second-order valence-electron chi connectivity index (χ2n) is 3.25. The maximum Gasteiger partial charge on any atom is 0.00921 e. The molecule has 0 saturated heterocycles. The van der Waals surface area contributed by atoms with Crippen LogP contribution in [0.2, 0.25) is 0 Å². The molecule has 0 aromatic carbocycles. The van der Waals surface area contributed by atoms with Gasteiger partial charge in [0.2, 0.25) is 0 Å². The van der Waals surface area contributed by atoms with Gasteiger partial charge >= 0.3 is 0 Å². The molecule has 0 atom stereocenters. The molecule has 0 bridgehead atoms. The van der Waals surface area contributed by atoms with Gasteiger partial charge in [-0.25, -0.2) is 0 Å². The van der Waals surface area contributed by atoms with Gasteiger partial charge in [0, 0.05) is 21.1 Å². The van der Waals surface area contributed by atoms with Crippen molar-refractivity contribution in [3.05, 3.63) is 43.8 Å². The van der Waals surface area contributed by atoms with E-state index >= 15 is 0 Å². The highest BCUT2D eigenvalue weighted by molar-refractivity contribution is 7.12. The zero-order valence-corrected chi connectivity index (χ0v) is 9.47. The van der Waals surface area contributed by atoms with Gasteiger partial charge in [0.1, 0.15) is 0 Å². The summed E-state index contributed by atoms with van der Waals surface area (Å²) >= 11 is 3.73. The molecule has 0 unspecified atom stereocenters. The van der Waals surface area contributed by atoms with E-state index in [0.29, 0.717) is 0 Å². The maximum absolute atomic E-state index is 2.28. The summed E-state index contributed by atoms with van der Waals surface area (Å²) < 4.78 is 0. The van der Waals surface area contributed by atoms with Crippen LogP contribution < -0.4 is 0 Å². The molecule has 2 aromatic rings. The lowest BCUT2D eigenvalue weighted by Crippen LogP contribution is -1.78. The molecule has 2 aromatic heterocycles. The summed E-state index contributed by atoms with van der Waals surface area (Å²) in [5.74, 6) is 0. The average Bonchev–Trinajstić information content (AvgIpc) is 2.62. The molecule has 68 valence electrons. The normalized spacial score (nSPS) is 10.6. The van der Waals surface area contributed by atoms with Crippen molar-refractivity contribution in [3.8, 4) is 0 Å². The first-order valence-electron chi connectivity index (χ1n) is 4.33. The van der Waals surface area contributed by atoms with Gasteiger partial charge in [-0.15, -0.1) is 22.7 Å². The molecule has 2 heterocycles. The Hall–Kier alpha value is -0.600. The van der Waals surface area contributed by atoms with Crippen LogP contribution in [0.3, 0.4) is 0 Å². The first kappa shape index (κ1) is 8.97. The summed E-state index contributed by atoms with van der Waals surface area (Å²) in [6.45, 7) is 4.32. The fourth-order valence-electron chi connectivity index (χ4n) is 1.37. The predicted molar refractivity (Wildman–Crippen MR) is 60.9 cm³/mol. The van der Waals surface area contributed by atoms with Gasteiger partial charge in [-0.3, -0.25) is 0 Å². The Labute approximate surface area is 86.9 Å². The molecule has 13 heavy (non-hydrogen) atoms. The van der Waals surface area contributed by atoms with Crippen LogP contribution >= 0.6 is 22.7 Å². The fraction of sp³-hybridized carbons (Fsp3) is 0.273. The van der Waals surface area contributed by atoms with Crippen molar-refractivity contribution in [2.45, 2.75) is 20.3 Å². The Morgan fingerprint density at radius 2 is 2.00 bits per heavy atom. The van der Waals surface area contributed by atoms with Crippen LogP contribution in [0.1, 0.15) is 20.2 Å². The molecule has 0 N–H and O–H groups in total. The Bertz CT molecular complexity index is 357. The lowest BCUT2D eigenvalue weighted by Gasteiger charge is -1.91. The molecule has 0 radical (unpaired) electrons. The van der Waals surface area contributed by atoms with E-state index in [-0.39, 0.29) is 0 Å². The Balaban J connectivity index is 2.14. The summed E-state index contributed by atoms with van der Waals surface area (Å²) in [6.07, 6.45) is 1.10. The minimum atomic E-state index is 1.10. The van der Waals surface area contributed by atoms with Crippen LogP contribution in [0.4, 0.5) is 0 Å². The standard InChI is InChI=1S/C11H12S2/c1-8-3-4-11(13-8)6-10-5-9(2)12-7-10/h3-5,7H,6H2,1-2H3. The molecule has 0 spiro atoms. The average molecular weight is 208 g/mol. The molecule has 0 aliphatic rings. The minimum absolute atomic E-state index is 1.10. The topological polar surface area (TPSA) is 0 Å². The zero-order chi connectivity index (χ0) is 9.26. The van der Waals surface area contributed by atoms with Crippen molar-refractivity contribution < 1.29 is 0 Å². The van der Waals surface area contributed by atoms with Gasteiger partial charge in [0.15, 0.2) is 0 Å². The van der Waals surface area contributed by atoms with Crippen molar-refractivity contribution in [1.82, 2.24) is 0 Å². The summed E-state index contributed by atoms with van der Waals surface area (Å²) in [5, 5.41) is 2.25. The quantitative estimate of drug-likeness (QED) is 0.699. The second kappa shape index (κ2) is 3.64.